The van der Waals surface area contributed by atoms with Crippen LogP contribution in [0, 0.1) is 0 Å². The van der Waals surface area contributed by atoms with Gasteiger partial charge in [-0.25, -0.2) is 9.78 Å². The molecule has 0 saturated carbocycles. The number of nitrogens with zero attached hydrogens (tertiary/aromatic N) is 2. The van der Waals surface area contributed by atoms with Crippen LogP contribution in [-0.4, -0.2) is 55.3 Å². The van der Waals surface area contributed by atoms with Crippen molar-refractivity contribution in [3.05, 3.63) is 42.0 Å². The number of amides is 3. The lowest BCUT2D eigenvalue weighted by Crippen LogP contribution is -2.36. The predicted molar refractivity (Wildman–Crippen MR) is 97.3 cm³/mol. The molecule has 0 aliphatic heterocycles. The number of urea groups is 1. The monoisotopic (exact) mass is 360 g/mol. The first-order chi connectivity index (χ1) is 12.6. The predicted octanol–water partition coefficient (Wildman–Crippen LogP) is 0.553. The molecule has 140 valence electrons. The van der Waals surface area contributed by atoms with Crippen molar-refractivity contribution in [2.75, 3.05) is 32.6 Å². The summed E-state index contributed by atoms with van der Waals surface area (Å²) in [5.41, 5.74) is 1.01. The third-order valence-corrected chi connectivity index (χ3v) is 3.71. The molecule has 0 aromatic carbocycles. The van der Waals surface area contributed by atoms with Crippen LogP contribution in [0.3, 0.4) is 0 Å². The van der Waals surface area contributed by atoms with Gasteiger partial charge in [0, 0.05) is 37.3 Å². The van der Waals surface area contributed by atoms with Crippen molar-refractivity contribution in [1.29, 1.82) is 0 Å². The summed E-state index contributed by atoms with van der Waals surface area (Å²) >= 11 is 0. The van der Waals surface area contributed by atoms with Gasteiger partial charge in [-0.05, 0) is 32.5 Å². The van der Waals surface area contributed by atoms with Crippen LogP contribution in [0.5, 0.6) is 0 Å². The average molecular weight is 360 g/mol. The van der Waals surface area contributed by atoms with Crippen molar-refractivity contribution in [2.45, 2.75) is 18.9 Å². The molecule has 0 radical (unpaired) electrons. The van der Waals surface area contributed by atoms with Gasteiger partial charge in [-0.15, -0.1) is 0 Å². The molecule has 1 aliphatic rings. The number of aromatic nitrogens is 2. The third kappa shape index (κ3) is 5.94. The number of carbonyl (C=O) groups excluding carboxylic acids is 2. The quantitative estimate of drug-likeness (QED) is 0.503. The van der Waals surface area contributed by atoms with Crippen molar-refractivity contribution in [2.24, 2.45) is 0 Å². The van der Waals surface area contributed by atoms with Crippen molar-refractivity contribution in [3.8, 4) is 0 Å². The van der Waals surface area contributed by atoms with E-state index in [9.17, 15) is 9.59 Å². The fourth-order valence-electron chi connectivity index (χ4n) is 2.39. The van der Waals surface area contributed by atoms with Gasteiger partial charge in [0.15, 0.2) is 5.82 Å². The summed E-state index contributed by atoms with van der Waals surface area (Å²) in [5.74, 6) is 0.151. The van der Waals surface area contributed by atoms with E-state index >= 15 is 0 Å². The highest BCUT2D eigenvalue weighted by Crippen LogP contribution is 2.19. The Morgan fingerprint density at radius 2 is 2.12 bits per heavy atom. The maximum atomic E-state index is 12.2. The molecule has 1 aromatic heterocycles. The number of ether oxygens (including phenoxy) is 1. The van der Waals surface area contributed by atoms with Gasteiger partial charge in [-0.3, -0.25) is 15.1 Å². The van der Waals surface area contributed by atoms with Crippen LogP contribution in [0.1, 0.15) is 12.8 Å². The molecule has 1 aromatic rings. The number of rotatable bonds is 8. The third-order valence-electron chi connectivity index (χ3n) is 3.71. The number of nitrogens with one attached hydrogen (secondary N) is 4. The van der Waals surface area contributed by atoms with E-state index < -0.39 is 6.03 Å². The first kappa shape index (κ1) is 19.5. The number of hydrogen-bond donors (Lipinski definition) is 4. The minimum atomic E-state index is -0.477. The maximum Gasteiger partial charge on any atom is 0.324 e. The lowest BCUT2D eigenvalue weighted by atomic mass is 10.0. The molecule has 0 spiro atoms. The van der Waals surface area contributed by atoms with Gasteiger partial charge in [-0.2, -0.15) is 0 Å². The van der Waals surface area contributed by atoms with Crippen LogP contribution in [0.4, 0.5) is 10.6 Å². The van der Waals surface area contributed by atoms with Gasteiger partial charge in [-0.1, -0.05) is 6.08 Å². The Labute approximate surface area is 152 Å². The zero-order valence-electron chi connectivity index (χ0n) is 14.9. The van der Waals surface area contributed by atoms with Crippen molar-refractivity contribution >= 4 is 17.8 Å². The highest BCUT2D eigenvalue weighted by Gasteiger charge is 2.22. The number of anilines is 1. The Morgan fingerprint density at radius 1 is 1.27 bits per heavy atom. The fourth-order valence-corrected chi connectivity index (χ4v) is 2.39. The molecular formula is C17H24N6O3. The van der Waals surface area contributed by atoms with E-state index in [0.29, 0.717) is 30.1 Å². The molecule has 9 nitrogen and oxygen atoms in total. The van der Waals surface area contributed by atoms with Crippen LogP contribution in [0.2, 0.25) is 0 Å². The summed E-state index contributed by atoms with van der Waals surface area (Å²) in [7, 11) is 3.42. The summed E-state index contributed by atoms with van der Waals surface area (Å²) in [6.07, 6.45) is 8.86. The highest BCUT2D eigenvalue weighted by molar-refractivity contribution is 5.97. The zero-order chi connectivity index (χ0) is 18.8. The van der Waals surface area contributed by atoms with Gasteiger partial charge in [0.05, 0.1) is 6.20 Å². The molecule has 2 rings (SSSR count). The molecule has 1 heterocycles. The highest BCUT2D eigenvalue weighted by atomic mass is 16.5. The Morgan fingerprint density at radius 3 is 2.81 bits per heavy atom. The second-order valence-electron chi connectivity index (χ2n) is 5.60. The van der Waals surface area contributed by atoms with Crippen LogP contribution < -0.4 is 21.3 Å². The van der Waals surface area contributed by atoms with E-state index in [1.165, 1.54) is 18.6 Å². The molecule has 1 unspecified atom stereocenters. The van der Waals surface area contributed by atoms with E-state index in [1.54, 1.807) is 19.3 Å². The van der Waals surface area contributed by atoms with Gasteiger partial charge >= 0.3 is 6.03 Å². The molecule has 0 bridgehead atoms. The lowest BCUT2D eigenvalue weighted by Gasteiger charge is -2.23. The summed E-state index contributed by atoms with van der Waals surface area (Å²) in [6, 6.07) is -0.477. The fraction of sp³-hybridized carbons (Fsp3) is 0.412. The van der Waals surface area contributed by atoms with Gasteiger partial charge < -0.3 is 20.7 Å². The normalized spacial score (nSPS) is 16.3. The molecule has 1 atom stereocenters. The van der Waals surface area contributed by atoms with Gasteiger partial charge in [0.1, 0.15) is 6.10 Å². The van der Waals surface area contributed by atoms with Crippen LogP contribution in [0.15, 0.2) is 42.0 Å². The Balaban J connectivity index is 1.97. The molecule has 1 aliphatic carbocycles. The Kier molecular flexibility index (Phi) is 7.72. The van der Waals surface area contributed by atoms with E-state index in [0.717, 1.165) is 13.0 Å². The zero-order valence-corrected chi connectivity index (χ0v) is 14.9. The second kappa shape index (κ2) is 10.3. The number of hydrogen-bond acceptors (Lipinski definition) is 6. The largest absolute Gasteiger partial charge is 0.375 e. The van der Waals surface area contributed by atoms with Crippen molar-refractivity contribution in [3.63, 3.8) is 0 Å². The smallest absolute Gasteiger partial charge is 0.324 e. The second-order valence-corrected chi connectivity index (χ2v) is 5.60. The molecule has 0 saturated heterocycles. The number of carbonyl (C=O) groups is 2. The van der Waals surface area contributed by atoms with Crippen LogP contribution in [0.25, 0.3) is 0 Å². The molecule has 26 heavy (non-hydrogen) atoms. The molecule has 4 N–H and O–H groups in total. The van der Waals surface area contributed by atoms with E-state index in [4.69, 9.17) is 4.74 Å². The van der Waals surface area contributed by atoms with Crippen LogP contribution in [-0.2, 0) is 9.53 Å². The standard InChI is InChI=1S/C17H24N6O3/c1-18-6-3-7-21-16(24)12-4-5-14(26-2)13(10-12)22-17(25)23-15-11-19-8-9-20-15/h4,8-11,14,18H,3,5-7H2,1-2H3,(H,21,24)(H2,20,22,23,25). The first-order valence-corrected chi connectivity index (χ1v) is 8.35. The molecule has 3 amide bonds. The summed E-state index contributed by atoms with van der Waals surface area (Å²) in [4.78, 5) is 32.3. The lowest BCUT2D eigenvalue weighted by molar-refractivity contribution is -0.117. The maximum absolute atomic E-state index is 12.2. The van der Waals surface area contributed by atoms with Crippen molar-refractivity contribution < 1.29 is 14.3 Å². The molecular weight excluding hydrogens is 336 g/mol. The van der Waals surface area contributed by atoms with E-state index in [2.05, 4.69) is 31.2 Å². The van der Waals surface area contributed by atoms with Gasteiger partial charge in [0.2, 0.25) is 0 Å². The SMILES string of the molecule is CNCCCNC(=O)C1=CCC(OC)C(NC(=O)Nc2cnccn2)=C1. The average Bonchev–Trinajstić information content (AvgIpc) is 2.65. The Bertz CT molecular complexity index is 674. The summed E-state index contributed by atoms with van der Waals surface area (Å²) < 4.78 is 5.37. The summed E-state index contributed by atoms with van der Waals surface area (Å²) in [5, 5.41) is 11.2. The van der Waals surface area contributed by atoms with Crippen molar-refractivity contribution in [1.82, 2.24) is 25.9 Å². The Hall–Kier alpha value is -2.78. The van der Waals surface area contributed by atoms with E-state index in [-0.39, 0.29) is 12.0 Å². The van der Waals surface area contributed by atoms with Gasteiger partial charge in [0.25, 0.3) is 5.91 Å². The minimum Gasteiger partial charge on any atom is -0.375 e. The summed E-state index contributed by atoms with van der Waals surface area (Å²) in [6.45, 7) is 1.41. The van der Waals surface area contributed by atoms with Crippen LogP contribution >= 0.6 is 0 Å². The molecule has 9 heteroatoms. The van der Waals surface area contributed by atoms with E-state index in [1.807, 2.05) is 7.05 Å². The molecule has 0 fully saturated rings. The topological polar surface area (TPSA) is 117 Å². The number of methoxy groups -OCH3 is 1. The minimum absolute atomic E-state index is 0.177. The first-order valence-electron chi connectivity index (χ1n) is 8.35.